The number of halogens is 1. The number of hydrogen-bond donors (Lipinski definition) is 1. The molecule has 0 unspecified atom stereocenters. The van der Waals surface area contributed by atoms with Gasteiger partial charge in [-0.3, -0.25) is 4.72 Å². The zero-order valence-corrected chi connectivity index (χ0v) is 12.2. The smallest absolute Gasteiger partial charge is 0.234 e. The Morgan fingerprint density at radius 1 is 1.41 bits per heavy atom. The highest BCUT2D eigenvalue weighted by Crippen LogP contribution is 2.19. The van der Waals surface area contributed by atoms with Crippen LogP contribution in [0.2, 0.25) is 0 Å². The van der Waals surface area contributed by atoms with Gasteiger partial charge in [-0.15, -0.1) is 21.8 Å². The molecule has 5 nitrogen and oxygen atoms in total. The Balaban J connectivity index is 2.59. The molecular weight excluding hydrogens is 282 g/mol. The van der Waals surface area contributed by atoms with Gasteiger partial charge in [-0.05, 0) is 12.3 Å². The lowest BCUT2D eigenvalue weighted by atomic mass is 10.1. The van der Waals surface area contributed by atoms with Gasteiger partial charge in [-0.2, -0.15) is 0 Å². The first kappa shape index (κ1) is 14.7. The second-order valence-corrected chi connectivity index (χ2v) is 7.34. The first-order chi connectivity index (χ1) is 7.93. The second kappa shape index (κ2) is 6.51. The Morgan fingerprint density at radius 2 is 2.12 bits per heavy atom. The Labute approximate surface area is 111 Å². The van der Waals surface area contributed by atoms with Crippen LogP contribution < -0.4 is 4.72 Å². The Kier molecular flexibility index (Phi) is 5.61. The minimum absolute atomic E-state index is 0.00952. The van der Waals surface area contributed by atoms with Gasteiger partial charge in [-0.1, -0.05) is 25.2 Å². The second-order valence-electron chi connectivity index (χ2n) is 4.06. The van der Waals surface area contributed by atoms with E-state index in [1.54, 1.807) is 0 Å². The highest BCUT2D eigenvalue weighted by molar-refractivity contribution is 7.92. The lowest BCUT2D eigenvalue weighted by Crippen LogP contribution is -2.16. The number of alkyl halides is 1. The standard InChI is InChI=1S/C9H16ClN3O2S2/c1-7(2)6-8-11-12-9(16-8)13-17(14,15)5-3-4-10/h7H,3-6H2,1-2H3,(H,12,13). The molecule has 0 aliphatic carbocycles. The quantitative estimate of drug-likeness (QED) is 0.782. The third kappa shape index (κ3) is 5.65. The molecule has 0 aromatic carbocycles. The van der Waals surface area contributed by atoms with Crippen molar-refractivity contribution in [2.24, 2.45) is 5.92 Å². The average Bonchev–Trinajstić information content (AvgIpc) is 2.60. The van der Waals surface area contributed by atoms with Gasteiger partial charge in [0.15, 0.2) is 0 Å². The SMILES string of the molecule is CC(C)Cc1nnc(NS(=O)(=O)CCCCl)s1. The zero-order valence-electron chi connectivity index (χ0n) is 9.81. The molecule has 0 aliphatic rings. The van der Waals surface area contributed by atoms with Gasteiger partial charge in [0.25, 0.3) is 0 Å². The summed E-state index contributed by atoms with van der Waals surface area (Å²) in [7, 11) is -3.34. The summed E-state index contributed by atoms with van der Waals surface area (Å²) in [6, 6.07) is 0. The van der Waals surface area contributed by atoms with E-state index in [2.05, 4.69) is 28.8 Å². The Bertz CT molecular complexity index is 445. The van der Waals surface area contributed by atoms with E-state index in [0.29, 0.717) is 23.4 Å². The molecule has 0 amide bonds. The van der Waals surface area contributed by atoms with Crippen LogP contribution in [0.1, 0.15) is 25.3 Å². The van der Waals surface area contributed by atoms with Crippen LogP contribution in [0.25, 0.3) is 0 Å². The van der Waals surface area contributed by atoms with E-state index >= 15 is 0 Å². The summed E-state index contributed by atoms with van der Waals surface area (Å²) in [5.74, 6) is 0.814. The lowest BCUT2D eigenvalue weighted by Gasteiger charge is -2.02. The number of nitrogens with one attached hydrogen (secondary N) is 1. The van der Waals surface area contributed by atoms with Crippen LogP contribution in [0.15, 0.2) is 0 Å². The van der Waals surface area contributed by atoms with E-state index in [9.17, 15) is 8.42 Å². The molecule has 0 atom stereocenters. The largest absolute Gasteiger partial charge is 0.257 e. The van der Waals surface area contributed by atoms with Gasteiger partial charge in [0.05, 0.1) is 5.75 Å². The molecule has 0 radical (unpaired) electrons. The van der Waals surface area contributed by atoms with Gasteiger partial charge in [0, 0.05) is 12.3 Å². The molecule has 17 heavy (non-hydrogen) atoms. The monoisotopic (exact) mass is 297 g/mol. The maximum Gasteiger partial charge on any atom is 0.234 e. The van der Waals surface area contributed by atoms with Gasteiger partial charge >= 0.3 is 0 Å². The highest BCUT2D eigenvalue weighted by atomic mass is 35.5. The first-order valence-electron chi connectivity index (χ1n) is 5.32. The van der Waals surface area contributed by atoms with E-state index in [4.69, 9.17) is 11.6 Å². The van der Waals surface area contributed by atoms with Crippen molar-refractivity contribution in [2.75, 3.05) is 16.4 Å². The maximum absolute atomic E-state index is 11.6. The van der Waals surface area contributed by atoms with Crippen LogP contribution in [0.3, 0.4) is 0 Å². The highest BCUT2D eigenvalue weighted by Gasteiger charge is 2.13. The van der Waals surface area contributed by atoms with Crippen molar-refractivity contribution in [3.63, 3.8) is 0 Å². The maximum atomic E-state index is 11.6. The molecular formula is C9H16ClN3O2S2. The summed E-state index contributed by atoms with van der Waals surface area (Å²) in [5, 5.41) is 8.92. The van der Waals surface area contributed by atoms with Crippen molar-refractivity contribution in [2.45, 2.75) is 26.7 Å². The summed E-state index contributed by atoms with van der Waals surface area (Å²) in [6.45, 7) is 4.15. The normalized spacial score (nSPS) is 12.0. The van der Waals surface area contributed by atoms with E-state index in [1.165, 1.54) is 11.3 Å². The topological polar surface area (TPSA) is 72.0 Å². The zero-order chi connectivity index (χ0) is 12.9. The molecule has 0 fully saturated rings. The number of nitrogens with zero attached hydrogens (tertiary/aromatic N) is 2. The Hall–Kier alpha value is -0.400. The molecule has 1 aromatic rings. The summed E-state index contributed by atoms with van der Waals surface area (Å²) in [5.41, 5.74) is 0. The molecule has 0 saturated heterocycles. The van der Waals surface area contributed by atoms with Crippen molar-refractivity contribution >= 4 is 38.1 Å². The summed E-state index contributed by atoms with van der Waals surface area (Å²) < 4.78 is 25.5. The van der Waals surface area contributed by atoms with Gasteiger partial charge < -0.3 is 0 Å². The summed E-state index contributed by atoms with van der Waals surface area (Å²) >= 11 is 6.73. The molecule has 0 spiro atoms. The molecule has 1 rings (SSSR count). The molecule has 1 aromatic heterocycles. The summed E-state index contributed by atoms with van der Waals surface area (Å²) in [4.78, 5) is 0. The fourth-order valence-electron chi connectivity index (χ4n) is 1.16. The van der Waals surface area contributed by atoms with Crippen LogP contribution in [-0.2, 0) is 16.4 Å². The number of rotatable bonds is 7. The molecule has 0 saturated carbocycles. The van der Waals surface area contributed by atoms with Gasteiger partial charge in [0.2, 0.25) is 15.2 Å². The molecule has 0 bridgehead atoms. The van der Waals surface area contributed by atoms with Crippen LogP contribution in [-0.4, -0.2) is 30.2 Å². The van der Waals surface area contributed by atoms with Crippen molar-refractivity contribution in [3.8, 4) is 0 Å². The van der Waals surface area contributed by atoms with E-state index < -0.39 is 10.0 Å². The third-order valence-corrected chi connectivity index (χ3v) is 4.43. The van der Waals surface area contributed by atoms with Crippen molar-refractivity contribution < 1.29 is 8.42 Å². The minimum Gasteiger partial charge on any atom is -0.257 e. The van der Waals surface area contributed by atoms with Crippen LogP contribution in [0, 0.1) is 5.92 Å². The number of anilines is 1. The van der Waals surface area contributed by atoms with Crippen LogP contribution in [0.5, 0.6) is 0 Å². The molecule has 0 aliphatic heterocycles. The number of hydrogen-bond acceptors (Lipinski definition) is 5. The Morgan fingerprint density at radius 3 is 2.71 bits per heavy atom. The number of sulfonamides is 1. The molecule has 1 heterocycles. The van der Waals surface area contributed by atoms with Crippen molar-refractivity contribution in [1.82, 2.24) is 10.2 Å². The van der Waals surface area contributed by atoms with Gasteiger partial charge in [0.1, 0.15) is 5.01 Å². The average molecular weight is 298 g/mol. The number of aromatic nitrogens is 2. The lowest BCUT2D eigenvalue weighted by molar-refractivity contribution is 0.600. The van der Waals surface area contributed by atoms with Crippen molar-refractivity contribution in [3.05, 3.63) is 5.01 Å². The van der Waals surface area contributed by atoms with Crippen molar-refractivity contribution in [1.29, 1.82) is 0 Å². The van der Waals surface area contributed by atoms with E-state index in [0.717, 1.165) is 11.4 Å². The predicted octanol–water partition coefficient (Wildman–Crippen LogP) is 2.11. The third-order valence-electron chi connectivity index (χ3n) is 1.84. The molecule has 98 valence electrons. The van der Waals surface area contributed by atoms with E-state index in [-0.39, 0.29) is 5.75 Å². The first-order valence-corrected chi connectivity index (χ1v) is 8.32. The molecule has 8 heteroatoms. The van der Waals surface area contributed by atoms with Crippen LogP contribution in [0.4, 0.5) is 5.13 Å². The fraction of sp³-hybridized carbons (Fsp3) is 0.778. The van der Waals surface area contributed by atoms with Gasteiger partial charge in [-0.25, -0.2) is 8.42 Å². The minimum atomic E-state index is -3.34. The van der Waals surface area contributed by atoms with Crippen LogP contribution >= 0.6 is 22.9 Å². The van der Waals surface area contributed by atoms with E-state index in [1.807, 2.05) is 0 Å². The predicted molar refractivity (Wildman–Crippen MR) is 71.2 cm³/mol. The summed E-state index contributed by atoms with van der Waals surface area (Å²) in [6.07, 6.45) is 1.23. The molecule has 1 N–H and O–H groups in total. The fourth-order valence-corrected chi connectivity index (χ4v) is 3.73.